The van der Waals surface area contributed by atoms with Crippen molar-refractivity contribution in [3.05, 3.63) is 45.4 Å². The Kier molecular flexibility index (Phi) is 9.67. The molecule has 6 heteroatoms. The zero-order valence-electron chi connectivity index (χ0n) is 6.64. The average molecular weight is 356 g/mol. The summed E-state index contributed by atoms with van der Waals surface area (Å²) < 4.78 is 0. The van der Waals surface area contributed by atoms with Crippen LogP contribution in [0.3, 0.4) is 0 Å². The standard InChI is InChI=1S/C6H7N.Hg.NO3/c1-6-4-2-3-5-7-6;;2-1(3)4/h2-5H,1H3;;/q;+1;-1. The second-order valence-corrected chi connectivity index (χ2v) is 1.69. The zero-order chi connectivity index (χ0) is 8.69. The molecule has 0 atom stereocenters. The van der Waals surface area contributed by atoms with Crippen molar-refractivity contribution in [2.24, 2.45) is 0 Å². The van der Waals surface area contributed by atoms with Crippen LogP contribution in [0, 0.1) is 22.2 Å². The van der Waals surface area contributed by atoms with Gasteiger partial charge < -0.3 is 15.3 Å². The van der Waals surface area contributed by atoms with Crippen molar-refractivity contribution in [3.63, 3.8) is 0 Å². The van der Waals surface area contributed by atoms with Crippen molar-refractivity contribution in [3.8, 4) is 0 Å². The molecule has 0 aliphatic rings. The van der Waals surface area contributed by atoms with Gasteiger partial charge in [0.1, 0.15) is 0 Å². The fourth-order valence-electron chi connectivity index (χ4n) is 0.448. The minimum absolute atomic E-state index is 0. The summed E-state index contributed by atoms with van der Waals surface area (Å²) >= 11 is 0. The topological polar surface area (TPSA) is 79.1 Å². The van der Waals surface area contributed by atoms with E-state index in [9.17, 15) is 0 Å². The van der Waals surface area contributed by atoms with Crippen LogP contribution in [0.15, 0.2) is 24.4 Å². The van der Waals surface area contributed by atoms with Gasteiger partial charge in [-0.15, -0.1) is 0 Å². The van der Waals surface area contributed by atoms with Crippen LogP contribution < -0.4 is 0 Å². The molecule has 0 aliphatic heterocycles. The fourth-order valence-corrected chi connectivity index (χ4v) is 0.448. The summed E-state index contributed by atoms with van der Waals surface area (Å²) in [6.45, 7) is 1.97. The molecule has 1 aromatic heterocycles. The molecule has 1 heterocycles. The number of nitrogens with zero attached hydrogens (tertiary/aromatic N) is 2. The Balaban J connectivity index is 0. The quantitative estimate of drug-likeness (QED) is 0.397. The predicted molar refractivity (Wildman–Crippen MR) is 39.3 cm³/mol. The Morgan fingerprint density at radius 2 is 1.92 bits per heavy atom. The molecule has 0 amide bonds. The third-order valence-electron chi connectivity index (χ3n) is 0.813. The van der Waals surface area contributed by atoms with E-state index in [2.05, 4.69) is 4.98 Å². The van der Waals surface area contributed by atoms with Crippen molar-refractivity contribution in [2.45, 2.75) is 6.92 Å². The predicted octanol–water partition coefficient (Wildman–Crippen LogP) is 1.15. The zero-order valence-corrected chi connectivity index (χ0v) is 12.1. The van der Waals surface area contributed by atoms with Gasteiger partial charge >= 0.3 is 27.7 Å². The summed E-state index contributed by atoms with van der Waals surface area (Å²) in [4.78, 5) is 12.2. The largest absolute Gasteiger partial charge is 1.00 e. The molecule has 12 heavy (non-hydrogen) atoms. The molecule has 0 saturated carbocycles. The van der Waals surface area contributed by atoms with Crippen LogP contribution in [0.1, 0.15) is 5.69 Å². The molecule has 61 valence electrons. The summed E-state index contributed by atoms with van der Waals surface area (Å²) in [5, 5.41) is 14.8. The molecule has 1 radical (unpaired) electrons. The molecule has 0 saturated heterocycles. The number of aromatic nitrogens is 1. The van der Waals surface area contributed by atoms with Crippen molar-refractivity contribution in [1.29, 1.82) is 0 Å². The smallest absolute Gasteiger partial charge is 0.356 e. The molecule has 0 N–H and O–H groups in total. The van der Waals surface area contributed by atoms with Crippen molar-refractivity contribution in [1.82, 2.24) is 4.98 Å². The van der Waals surface area contributed by atoms with E-state index in [4.69, 9.17) is 15.3 Å². The Labute approximate surface area is 90.1 Å². The van der Waals surface area contributed by atoms with E-state index in [0.717, 1.165) is 5.69 Å². The first-order valence-electron chi connectivity index (χ1n) is 2.82. The molecule has 0 unspecified atom stereocenters. The first kappa shape index (κ1) is 13.8. The maximum absolute atomic E-state index is 8.25. The normalized spacial score (nSPS) is 7.08. The molecule has 1 aromatic rings. The second-order valence-electron chi connectivity index (χ2n) is 1.69. The molecule has 1 rings (SSSR count). The summed E-state index contributed by atoms with van der Waals surface area (Å²) in [6.07, 6.45) is 1.79. The monoisotopic (exact) mass is 357 g/mol. The van der Waals surface area contributed by atoms with Crippen LogP contribution in [0.25, 0.3) is 0 Å². The Bertz CT molecular complexity index is 213. The molecule has 5 nitrogen and oxygen atoms in total. The van der Waals surface area contributed by atoms with Crippen LogP contribution in [0.2, 0.25) is 0 Å². The summed E-state index contributed by atoms with van der Waals surface area (Å²) in [5.74, 6) is 0. The second kappa shape index (κ2) is 8.38. The first-order valence-corrected chi connectivity index (χ1v) is 2.82. The van der Waals surface area contributed by atoms with Crippen molar-refractivity contribution in [2.75, 3.05) is 0 Å². The van der Waals surface area contributed by atoms with Crippen LogP contribution >= 0.6 is 0 Å². The Morgan fingerprint density at radius 3 is 2.08 bits per heavy atom. The number of pyridine rings is 1. The van der Waals surface area contributed by atoms with E-state index in [1.54, 1.807) is 6.20 Å². The molecule has 0 spiro atoms. The molecular formula is C6H7HgN2O3. The summed E-state index contributed by atoms with van der Waals surface area (Å²) in [7, 11) is 0. The van der Waals surface area contributed by atoms with Gasteiger partial charge in [-0.05, 0) is 19.1 Å². The van der Waals surface area contributed by atoms with Gasteiger partial charge in [-0.3, -0.25) is 4.98 Å². The average Bonchev–Trinajstić information content (AvgIpc) is 1.87. The third-order valence-corrected chi connectivity index (χ3v) is 0.813. The Hall–Kier alpha value is -0.715. The van der Waals surface area contributed by atoms with Gasteiger partial charge in [-0.2, -0.15) is 0 Å². The van der Waals surface area contributed by atoms with Gasteiger partial charge in [-0.1, -0.05) is 6.07 Å². The van der Waals surface area contributed by atoms with Crippen molar-refractivity contribution < 1.29 is 32.8 Å². The van der Waals surface area contributed by atoms with Crippen LogP contribution in [0.5, 0.6) is 0 Å². The van der Waals surface area contributed by atoms with Gasteiger partial charge in [0.25, 0.3) is 0 Å². The maximum atomic E-state index is 8.25. The SMILES string of the molecule is Cc1ccccn1.O=[N+]([O-])[O-].[Hg+]. The van der Waals surface area contributed by atoms with E-state index in [1.807, 2.05) is 25.1 Å². The van der Waals surface area contributed by atoms with E-state index < -0.39 is 5.09 Å². The van der Waals surface area contributed by atoms with Gasteiger partial charge in [0.05, 0.1) is 5.09 Å². The van der Waals surface area contributed by atoms with Crippen molar-refractivity contribution >= 4 is 0 Å². The summed E-state index contributed by atoms with van der Waals surface area (Å²) in [6, 6.07) is 5.86. The number of hydrogen-bond acceptors (Lipinski definition) is 4. The third kappa shape index (κ3) is 12.0. The van der Waals surface area contributed by atoms with Crippen LogP contribution in [0.4, 0.5) is 0 Å². The van der Waals surface area contributed by atoms with Gasteiger partial charge in [0.2, 0.25) is 0 Å². The molecule has 0 aromatic carbocycles. The minimum atomic E-state index is -1.75. The van der Waals surface area contributed by atoms with E-state index in [-0.39, 0.29) is 27.7 Å². The van der Waals surface area contributed by atoms with Gasteiger partial charge in [0.15, 0.2) is 0 Å². The molecular weight excluding hydrogens is 349 g/mol. The van der Waals surface area contributed by atoms with Gasteiger partial charge in [-0.25, -0.2) is 0 Å². The summed E-state index contributed by atoms with van der Waals surface area (Å²) in [5.41, 5.74) is 1.07. The van der Waals surface area contributed by atoms with Crippen LogP contribution in [-0.4, -0.2) is 10.1 Å². The van der Waals surface area contributed by atoms with Gasteiger partial charge in [0, 0.05) is 11.9 Å². The maximum Gasteiger partial charge on any atom is 1.00 e. The molecule has 0 fully saturated rings. The van der Waals surface area contributed by atoms with Crippen LogP contribution in [-0.2, 0) is 27.7 Å². The fraction of sp³-hybridized carbons (Fsp3) is 0.167. The van der Waals surface area contributed by atoms with E-state index >= 15 is 0 Å². The minimum Gasteiger partial charge on any atom is -0.356 e. The molecule has 0 aliphatic carbocycles. The number of aryl methyl sites for hydroxylation is 1. The first-order chi connectivity index (χ1) is 5.13. The van der Waals surface area contributed by atoms with E-state index in [0.29, 0.717) is 0 Å². The number of hydrogen-bond donors (Lipinski definition) is 0. The Morgan fingerprint density at radius 1 is 1.42 bits per heavy atom. The number of rotatable bonds is 0. The van der Waals surface area contributed by atoms with E-state index in [1.165, 1.54) is 0 Å². The molecule has 0 bridgehead atoms.